The number of hydrogen-bond acceptors (Lipinski definition) is 5. The van der Waals surface area contributed by atoms with Crippen molar-refractivity contribution in [3.63, 3.8) is 0 Å². The Balaban J connectivity index is 1.34. The fourth-order valence-electron chi connectivity index (χ4n) is 3.82. The van der Waals surface area contributed by atoms with Gasteiger partial charge in [-0.05, 0) is 61.6 Å². The Hall–Kier alpha value is -3.95. The molecule has 1 aliphatic carbocycles. The molecule has 3 N–H and O–H groups in total. The Morgan fingerprint density at radius 3 is 2.54 bits per heavy atom. The summed E-state index contributed by atoms with van der Waals surface area (Å²) in [7, 11) is 0. The van der Waals surface area contributed by atoms with Crippen LogP contribution >= 0.6 is 0 Å². The third-order valence-electron chi connectivity index (χ3n) is 5.61. The Labute approximate surface area is 198 Å². The summed E-state index contributed by atoms with van der Waals surface area (Å²) in [5.41, 5.74) is 7.03. The maximum absolute atomic E-state index is 13.1. The molecule has 182 valence electrons. The van der Waals surface area contributed by atoms with Crippen LogP contribution in [0.2, 0.25) is 0 Å². The van der Waals surface area contributed by atoms with Crippen LogP contribution in [0, 0.1) is 5.95 Å². The number of hydrogen-bond donors (Lipinski definition) is 2. The van der Waals surface area contributed by atoms with E-state index in [2.05, 4.69) is 15.3 Å². The first-order chi connectivity index (χ1) is 16.7. The van der Waals surface area contributed by atoms with E-state index in [0.717, 1.165) is 49.6 Å². The average molecular weight is 486 g/mol. The van der Waals surface area contributed by atoms with Crippen molar-refractivity contribution in [2.45, 2.75) is 37.9 Å². The van der Waals surface area contributed by atoms with Crippen LogP contribution < -0.4 is 15.8 Å². The number of alkyl halides is 3. The monoisotopic (exact) mass is 486 g/mol. The number of carbonyl (C=O) groups excluding carboxylic acids is 1. The molecule has 1 aliphatic rings. The van der Waals surface area contributed by atoms with E-state index in [4.69, 9.17) is 10.5 Å². The minimum absolute atomic E-state index is 0.0375. The number of carbonyl (C=O) groups is 1. The van der Waals surface area contributed by atoms with Gasteiger partial charge in [-0.3, -0.25) is 4.79 Å². The molecule has 0 radical (unpaired) electrons. The van der Waals surface area contributed by atoms with E-state index in [9.17, 15) is 22.4 Å². The maximum Gasteiger partial charge on any atom is 0.417 e. The summed E-state index contributed by atoms with van der Waals surface area (Å²) in [5.74, 6) is -0.743. The molecule has 6 nitrogen and oxygen atoms in total. The number of amides is 1. The van der Waals surface area contributed by atoms with Crippen LogP contribution in [0.25, 0.3) is 6.08 Å². The number of aromatic nitrogens is 2. The summed E-state index contributed by atoms with van der Waals surface area (Å²) in [6, 6.07) is 11.6. The fraction of sp³-hybridized carbons (Fsp3) is 0.240. The van der Waals surface area contributed by atoms with Crippen molar-refractivity contribution >= 4 is 17.8 Å². The molecule has 0 aliphatic heterocycles. The normalized spacial score (nSPS) is 16.0. The van der Waals surface area contributed by atoms with Crippen LogP contribution in [0.3, 0.4) is 0 Å². The first kappa shape index (κ1) is 24.2. The molecule has 0 unspecified atom stereocenters. The van der Waals surface area contributed by atoms with Gasteiger partial charge in [-0.15, -0.1) is 0 Å². The predicted molar refractivity (Wildman–Crippen MR) is 122 cm³/mol. The first-order valence-corrected chi connectivity index (χ1v) is 10.9. The van der Waals surface area contributed by atoms with Crippen molar-refractivity contribution in [1.29, 1.82) is 0 Å². The molecule has 1 saturated carbocycles. The van der Waals surface area contributed by atoms with Gasteiger partial charge in [0.2, 0.25) is 11.8 Å². The zero-order valence-corrected chi connectivity index (χ0v) is 18.5. The van der Waals surface area contributed by atoms with Gasteiger partial charge in [0.1, 0.15) is 11.6 Å². The fourth-order valence-corrected chi connectivity index (χ4v) is 3.82. The van der Waals surface area contributed by atoms with E-state index in [1.54, 1.807) is 18.2 Å². The molecule has 35 heavy (non-hydrogen) atoms. The first-order valence-electron chi connectivity index (χ1n) is 10.9. The molecule has 0 atom stereocenters. The number of nitrogens with zero attached hydrogens (tertiary/aromatic N) is 2. The van der Waals surface area contributed by atoms with Crippen LogP contribution in [0.5, 0.6) is 11.6 Å². The SMILES string of the molecule is Nc1nc(F)ccc1C(=O)NC1CCC(=Cc2cccc(Oc3ccc(C(F)(F)F)cn3)c2)CC1. The highest BCUT2D eigenvalue weighted by molar-refractivity contribution is 5.98. The lowest BCUT2D eigenvalue weighted by Crippen LogP contribution is -2.37. The molecule has 1 aromatic carbocycles. The Kier molecular flexibility index (Phi) is 6.99. The number of allylic oxidation sites excluding steroid dienone is 1. The zero-order valence-electron chi connectivity index (χ0n) is 18.5. The Morgan fingerprint density at radius 2 is 1.89 bits per heavy atom. The van der Waals surface area contributed by atoms with Crippen LogP contribution in [0.4, 0.5) is 23.4 Å². The number of nitrogens with one attached hydrogen (secondary N) is 1. The predicted octanol–water partition coefficient (Wildman–Crippen LogP) is 5.77. The number of anilines is 1. The molecule has 1 amide bonds. The highest BCUT2D eigenvalue weighted by atomic mass is 19.4. The third-order valence-corrected chi connectivity index (χ3v) is 5.61. The lowest BCUT2D eigenvalue weighted by molar-refractivity contribution is -0.137. The minimum Gasteiger partial charge on any atom is -0.439 e. The van der Waals surface area contributed by atoms with Crippen molar-refractivity contribution in [1.82, 2.24) is 15.3 Å². The van der Waals surface area contributed by atoms with Crippen LogP contribution in [-0.2, 0) is 6.18 Å². The van der Waals surface area contributed by atoms with E-state index in [1.165, 1.54) is 17.7 Å². The van der Waals surface area contributed by atoms with E-state index in [-0.39, 0.29) is 29.2 Å². The van der Waals surface area contributed by atoms with Gasteiger partial charge in [0.25, 0.3) is 5.91 Å². The van der Waals surface area contributed by atoms with Crippen LogP contribution in [-0.4, -0.2) is 21.9 Å². The summed E-state index contributed by atoms with van der Waals surface area (Å²) in [6.45, 7) is 0. The standard InChI is InChI=1S/C25H22F4N4O2/c26-21-10-9-20(23(30)33-21)24(34)32-18-7-4-15(5-8-18)12-16-2-1-3-19(13-16)35-22-11-6-17(14-31-22)25(27,28)29/h1-3,6,9-14,18H,4-5,7-8H2,(H2,30,33)(H,32,34). The molecule has 0 bridgehead atoms. The van der Waals surface area contributed by atoms with E-state index < -0.39 is 17.7 Å². The van der Waals surface area contributed by atoms with Gasteiger partial charge in [0.15, 0.2) is 0 Å². The van der Waals surface area contributed by atoms with E-state index in [0.29, 0.717) is 5.75 Å². The maximum atomic E-state index is 13.1. The molecule has 0 saturated heterocycles. The second-order valence-electron chi connectivity index (χ2n) is 8.17. The van der Waals surface area contributed by atoms with Crippen LogP contribution in [0.15, 0.2) is 60.3 Å². The lowest BCUT2D eigenvalue weighted by Gasteiger charge is -2.25. The molecule has 0 spiro atoms. The second kappa shape index (κ2) is 10.1. The van der Waals surface area contributed by atoms with E-state index in [1.807, 2.05) is 12.1 Å². The summed E-state index contributed by atoms with van der Waals surface area (Å²) < 4.78 is 56.8. The summed E-state index contributed by atoms with van der Waals surface area (Å²) in [6.07, 6.45) is 1.33. The quantitative estimate of drug-likeness (QED) is 0.353. The number of halogens is 4. The smallest absolute Gasteiger partial charge is 0.417 e. The third kappa shape index (κ3) is 6.34. The highest BCUT2D eigenvalue weighted by Gasteiger charge is 2.30. The Bertz CT molecular complexity index is 1230. The molecule has 2 aromatic heterocycles. The van der Waals surface area contributed by atoms with Gasteiger partial charge < -0.3 is 15.8 Å². The number of nitrogens with two attached hydrogens (primary N) is 1. The lowest BCUT2D eigenvalue weighted by atomic mass is 9.89. The minimum atomic E-state index is -4.45. The van der Waals surface area contributed by atoms with Gasteiger partial charge in [-0.2, -0.15) is 17.6 Å². The molecule has 1 fully saturated rings. The highest BCUT2D eigenvalue weighted by Crippen LogP contribution is 2.31. The van der Waals surface area contributed by atoms with E-state index >= 15 is 0 Å². The van der Waals surface area contributed by atoms with Crippen LogP contribution in [0.1, 0.15) is 47.2 Å². The second-order valence-corrected chi connectivity index (χ2v) is 8.17. The van der Waals surface area contributed by atoms with Crippen molar-refractivity contribution < 1.29 is 27.1 Å². The number of nitrogen functional groups attached to an aromatic ring is 1. The molecular formula is C25H22F4N4O2. The summed E-state index contributed by atoms with van der Waals surface area (Å²) in [4.78, 5) is 19.6. The number of rotatable bonds is 5. The number of pyridine rings is 2. The van der Waals surface area contributed by atoms with Crippen molar-refractivity contribution in [2.75, 3.05) is 5.73 Å². The zero-order chi connectivity index (χ0) is 25.0. The van der Waals surface area contributed by atoms with Gasteiger partial charge in [-0.1, -0.05) is 23.8 Å². The van der Waals surface area contributed by atoms with Crippen molar-refractivity contribution in [3.8, 4) is 11.6 Å². The Morgan fingerprint density at radius 1 is 1.11 bits per heavy atom. The van der Waals surface area contributed by atoms with Crippen molar-refractivity contribution in [2.24, 2.45) is 0 Å². The number of ether oxygens (including phenoxy) is 1. The molecule has 4 rings (SSSR count). The van der Waals surface area contributed by atoms with Gasteiger partial charge in [0, 0.05) is 18.3 Å². The molecular weight excluding hydrogens is 464 g/mol. The van der Waals surface area contributed by atoms with Gasteiger partial charge >= 0.3 is 6.18 Å². The summed E-state index contributed by atoms with van der Waals surface area (Å²) >= 11 is 0. The largest absolute Gasteiger partial charge is 0.439 e. The van der Waals surface area contributed by atoms with Gasteiger partial charge in [-0.25, -0.2) is 9.97 Å². The number of benzene rings is 1. The molecule has 3 aromatic rings. The van der Waals surface area contributed by atoms with Gasteiger partial charge in [0.05, 0.1) is 11.1 Å². The topological polar surface area (TPSA) is 90.1 Å². The molecule has 10 heteroatoms. The average Bonchev–Trinajstić information content (AvgIpc) is 2.80. The molecule has 2 heterocycles. The van der Waals surface area contributed by atoms with Crippen molar-refractivity contribution in [3.05, 3.63) is 82.9 Å². The summed E-state index contributed by atoms with van der Waals surface area (Å²) in [5, 5.41) is 2.92.